The lowest BCUT2D eigenvalue weighted by Gasteiger charge is -2.16. The van der Waals surface area contributed by atoms with E-state index in [1.165, 1.54) is 12.2 Å². The summed E-state index contributed by atoms with van der Waals surface area (Å²) in [6.45, 7) is 0.735. The summed E-state index contributed by atoms with van der Waals surface area (Å²) >= 11 is 0. The van der Waals surface area contributed by atoms with Gasteiger partial charge in [-0.25, -0.2) is 0 Å². The normalized spacial score (nSPS) is 10.5. The molecule has 0 bridgehead atoms. The lowest BCUT2D eigenvalue weighted by atomic mass is 10.1. The van der Waals surface area contributed by atoms with Crippen molar-refractivity contribution < 1.29 is 24.6 Å². The van der Waals surface area contributed by atoms with Crippen molar-refractivity contribution >= 4 is 23.9 Å². The van der Waals surface area contributed by atoms with Crippen molar-refractivity contribution in [3.05, 3.63) is 41.5 Å². The van der Waals surface area contributed by atoms with Crippen LogP contribution in [0, 0.1) is 0 Å². The molecule has 21 heavy (non-hydrogen) atoms. The Morgan fingerprint density at radius 3 is 2.00 bits per heavy atom. The highest BCUT2D eigenvalue weighted by atomic mass is 16.4. The predicted octanol–water partition coefficient (Wildman–Crippen LogP) is 1.26. The number of hydrogen-bond donors (Lipinski definition) is 2. The maximum atomic E-state index is 11.8. The maximum Gasteiger partial charge on any atom is 0.323 e. The molecule has 0 spiro atoms. The van der Waals surface area contributed by atoms with Crippen LogP contribution >= 0.6 is 0 Å². The molecular weight excluding hydrogens is 274 g/mol. The van der Waals surface area contributed by atoms with E-state index in [0.717, 1.165) is 22.4 Å². The van der Waals surface area contributed by atoms with Gasteiger partial charge < -0.3 is 15.1 Å². The second-order valence-corrected chi connectivity index (χ2v) is 4.41. The smallest absolute Gasteiger partial charge is 0.323 e. The number of carbonyl (C=O) groups is 3. The monoisotopic (exact) mass is 291 g/mol. The predicted molar refractivity (Wildman–Crippen MR) is 76.7 cm³/mol. The molecule has 1 rings (SSSR count). The van der Waals surface area contributed by atoms with Crippen molar-refractivity contribution in [2.24, 2.45) is 0 Å². The van der Waals surface area contributed by atoms with Gasteiger partial charge in [0.1, 0.15) is 13.1 Å². The number of carbonyl (C=O) groups excluding carboxylic acids is 1. The molecule has 0 radical (unpaired) electrons. The number of rotatable bonds is 7. The standard InChI is InChI=1S/C15H17NO5/c1-2-11-3-5-12(6-4-11)7-8-13(17)16(9-14(18)19)10-15(20)21/h3-8H,2,9-10H2,1H3,(H,18,19)(H,20,21). The molecule has 2 N–H and O–H groups in total. The van der Waals surface area contributed by atoms with Crippen molar-refractivity contribution in [3.8, 4) is 0 Å². The Morgan fingerprint density at radius 2 is 1.57 bits per heavy atom. The van der Waals surface area contributed by atoms with Crippen LogP contribution in [0.5, 0.6) is 0 Å². The Morgan fingerprint density at radius 1 is 1.05 bits per heavy atom. The van der Waals surface area contributed by atoms with Crippen molar-refractivity contribution in [3.63, 3.8) is 0 Å². The summed E-state index contributed by atoms with van der Waals surface area (Å²) in [5, 5.41) is 17.4. The third kappa shape index (κ3) is 5.90. The fourth-order valence-corrected chi connectivity index (χ4v) is 1.68. The number of aryl methyl sites for hydroxylation is 1. The summed E-state index contributed by atoms with van der Waals surface area (Å²) in [7, 11) is 0. The van der Waals surface area contributed by atoms with Crippen LogP contribution in [0.25, 0.3) is 6.08 Å². The van der Waals surface area contributed by atoms with E-state index in [1.54, 1.807) is 0 Å². The molecule has 0 atom stereocenters. The van der Waals surface area contributed by atoms with Crippen LogP contribution in [0.3, 0.4) is 0 Å². The average Bonchev–Trinajstić information content (AvgIpc) is 2.43. The number of amides is 1. The SMILES string of the molecule is CCc1ccc(C=CC(=O)N(CC(=O)O)CC(=O)O)cc1. The van der Waals surface area contributed by atoms with Gasteiger partial charge in [-0.05, 0) is 23.6 Å². The third-order valence-corrected chi connectivity index (χ3v) is 2.77. The topological polar surface area (TPSA) is 94.9 Å². The lowest BCUT2D eigenvalue weighted by Crippen LogP contribution is -2.38. The van der Waals surface area contributed by atoms with E-state index < -0.39 is 30.9 Å². The van der Waals surface area contributed by atoms with Crippen LogP contribution in [0.1, 0.15) is 18.1 Å². The van der Waals surface area contributed by atoms with E-state index >= 15 is 0 Å². The first-order valence-corrected chi connectivity index (χ1v) is 6.42. The number of carboxylic acid groups (broad SMARTS) is 2. The van der Waals surface area contributed by atoms with Gasteiger partial charge in [0.15, 0.2) is 0 Å². The molecule has 112 valence electrons. The first kappa shape index (κ1) is 16.4. The minimum absolute atomic E-state index is 0.649. The Labute approximate surface area is 122 Å². The number of hydrogen-bond acceptors (Lipinski definition) is 3. The van der Waals surface area contributed by atoms with Gasteiger partial charge in [-0.3, -0.25) is 14.4 Å². The summed E-state index contributed by atoms with van der Waals surface area (Å²) in [6.07, 6.45) is 3.61. The van der Waals surface area contributed by atoms with Crippen LogP contribution in [-0.4, -0.2) is 46.0 Å². The molecule has 6 heteroatoms. The van der Waals surface area contributed by atoms with Crippen LogP contribution in [0.4, 0.5) is 0 Å². The van der Waals surface area contributed by atoms with Gasteiger partial charge in [0, 0.05) is 6.08 Å². The minimum atomic E-state index is -1.26. The number of carboxylic acids is 2. The lowest BCUT2D eigenvalue weighted by molar-refractivity contribution is -0.147. The molecule has 1 aromatic rings. The van der Waals surface area contributed by atoms with E-state index in [2.05, 4.69) is 0 Å². The second kappa shape index (κ2) is 7.84. The van der Waals surface area contributed by atoms with E-state index in [0.29, 0.717) is 0 Å². The van der Waals surface area contributed by atoms with E-state index in [9.17, 15) is 14.4 Å². The molecule has 0 saturated heterocycles. The highest BCUT2D eigenvalue weighted by molar-refractivity contribution is 5.95. The van der Waals surface area contributed by atoms with E-state index in [-0.39, 0.29) is 0 Å². The maximum absolute atomic E-state index is 11.8. The van der Waals surface area contributed by atoms with Crippen molar-refractivity contribution in [1.82, 2.24) is 4.90 Å². The van der Waals surface area contributed by atoms with Crippen LogP contribution in [0.2, 0.25) is 0 Å². The largest absolute Gasteiger partial charge is 0.480 e. The molecule has 0 aliphatic rings. The fraction of sp³-hybridized carbons (Fsp3) is 0.267. The molecule has 1 amide bonds. The van der Waals surface area contributed by atoms with Crippen molar-refractivity contribution in [2.45, 2.75) is 13.3 Å². The Kier molecular flexibility index (Phi) is 6.13. The molecule has 0 heterocycles. The molecule has 0 aliphatic carbocycles. The van der Waals surface area contributed by atoms with Gasteiger partial charge in [-0.2, -0.15) is 0 Å². The molecule has 0 aromatic heterocycles. The molecule has 0 unspecified atom stereocenters. The average molecular weight is 291 g/mol. The first-order chi connectivity index (χ1) is 9.92. The van der Waals surface area contributed by atoms with Gasteiger partial charge in [-0.15, -0.1) is 0 Å². The quantitative estimate of drug-likeness (QED) is 0.737. The molecule has 1 aromatic carbocycles. The van der Waals surface area contributed by atoms with E-state index in [1.807, 2.05) is 31.2 Å². The second-order valence-electron chi connectivity index (χ2n) is 4.41. The Hall–Kier alpha value is -2.63. The molecule has 0 saturated carbocycles. The van der Waals surface area contributed by atoms with Crippen molar-refractivity contribution in [2.75, 3.05) is 13.1 Å². The van der Waals surface area contributed by atoms with Crippen LogP contribution in [0.15, 0.2) is 30.3 Å². The van der Waals surface area contributed by atoms with Gasteiger partial charge in [0.25, 0.3) is 0 Å². The van der Waals surface area contributed by atoms with E-state index in [4.69, 9.17) is 10.2 Å². The zero-order chi connectivity index (χ0) is 15.8. The highest BCUT2D eigenvalue weighted by Crippen LogP contribution is 2.07. The number of aliphatic carboxylic acids is 2. The summed E-state index contributed by atoms with van der Waals surface area (Å²) in [6, 6.07) is 7.52. The molecular formula is C15H17NO5. The van der Waals surface area contributed by atoms with Crippen molar-refractivity contribution in [1.29, 1.82) is 0 Å². The first-order valence-electron chi connectivity index (χ1n) is 6.42. The molecule has 6 nitrogen and oxygen atoms in total. The Bertz CT molecular complexity index is 532. The van der Waals surface area contributed by atoms with Crippen LogP contribution < -0.4 is 0 Å². The van der Waals surface area contributed by atoms with Gasteiger partial charge in [-0.1, -0.05) is 31.2 Å². The van der Waals surface area contributed by atoms with Gasteiger partial charge >= 0.3 is 11.9 Å². The highest BCUT2D eigenvalue weighted by Gasteiger charge is 2.17. The minimum Gasteiger partial charge on any atom is -0.480 e. The summed E-state index contributed by atoms with van der Waals surface area (Å²) < 4.78 is 0. The number of nitrogens with zero attached hydrogens (tertiary/aromatic N) is 1. The van der Waals surface area contributed by atoms with Crippen LogP contribution in [-0.2, 0) is 20.8 Å². The molecule has 0 aliphatic heterocycles. The molecule has 0 fully saturated rings. The fourth-order valence-electron chi connectivity index (χ4n) is 1.68. The summed E-state index contributed by atoms with van der Waals surface area (Å²) in [4.78, 5) is 33.8. The van der Waals surface area contributed by atoms with Gasteiger partial charge in [0.05, 0.1) is 0 Å². The van der Waals surface area contributed by atoms with Gasteiger partial charge in [0.2, 0.25) is 5.91 Å². The zero-order valence-corrected chi connectivity index (χ0v) is 11.7. The number of benzene rings is 1. The third-order valence-electron chi connectivity index (χ3n) is 2.77. The zero-order valence-electron chi connectivity index (χ0n) is 11.7. The summed E-state index contributed by atoms with van der Waals surface area (Å²) in [5.41, 5.74) is 1.95. The summed E-state index contributed by atoms with van der Waals surface area (Å²) in [5.74, 6) is -3.17. The Balaban J connectivity index is 2.76.